The predicted molar refractivity (Wildman–Crippen MR) is 75.5 cm³/mol. The molecule has 20 heavy (non-hydrogen) atoms. The molecule has 104 valence electrons. The number of benzene rings is 2. The minimum absolute atomic E-state index is 0.115. The third-order valence-corrected chi connectivity index (χ3v) is 3.60. The average Bonchev–Trinajstić information content (AvgIpc) is 3.26. The Bertz CT molecular complexity index is 547. The highest BCUT2D eigenvalue weighted by Gasteiger charge is 2.44. The van der Waals surface area contributed by atoms with Crippen molar-refractivity contribution < 1.29 is 13.9 Å². The zero-order chi connectivity index (χ0) is 13.8. The summed E-state index contributed by atoms with van der Waals surface area (Å²) in [5.41, 5.74) is 0.115. The van der Waals surface area contributed by atoms with Crippen molar-refractivity contribution >= 4 is 0 Å². The van der Waals surface area contributed by atoms with E-state index in [0.717, 1.165) is 18.6 Å². The molecule has 2 aromatic carbocycles. The number of ether oxygens (including phenoxy) is 2. The quantitative estimate of drug-likeness (QED) is 0.789. The van der Waals surface area contributed by atoms with Crippen LogP contribution in [0.5, 0.6) is 11.5 Å². The summed E-state index contributed by atoms with van der Waals surface area (Å²) < 4.78 is 24.3. The maximum absolute atomic E-state index is 12.8. The second kappa shape index (κ2) is 5.53. The molecular formula is C17H17FO2. The van der Waals surface area contributed by atoms with Crippen LogP contribution in [0.25, 0.3) is 0 Å². The van der Waals surface area contributed by atoms with Crippen LogP contribution in [-0.4, -0.2) is 13.2 Å². The third-order valence-electron chi connectivity index (χ3n) is 3.60. The number of halogens is 1. The minimum Gasteiger partial charge on any atom is -0.493 e. The minimum atomic E-state index is -0.245. The van der Waals surface area contributed by atoms with Crippen molar-refractivity contribution in [1.82, 2.24) is 0 Å². The van der Waals surface area contributed by atoms with Crippen molar-refractivity contribution in [3.63, 3.8) is 0 Å². The van der Waals surface area contributed by atoms with Gasteiger partial charge in [0.15, 0.2) is 0 Å². The van der Waals surface area contributed by atoms with Crippen molar-refractivity contribution in [2.24, 2.45) is 5.41 Å². The van der Waals surface area contributed by atoms with Crippen molar-refractivity contribution in [3.05, 3.63) is 60.4 Å². The van der Waals surface area contributed by atoms with Crippen LogP contribution in [0.3, 0.4) is 0 Å². The molecule has 0 unspecified atom stereocenters. The summed E-state index contributed by atoms with van der Waals surface area (Å²) in [7, 11) is 0. The lowest BCUT2D eigenvalue weighted by Gasteiger charge is -2.17. The lowest BCUT2D eigenvalue weighted by Crippen LogP contribution is -2.21. The second-order valence-corrected chi connectivity index (χ2v) is 5.34. The Morgan fingerprint density at radius 1 is 0.800 bits per heavy atom. The molecule has 2 aromatic rings. The zero-order valence-electron chi connectivity index (χ0n) is 11.2. The average molecular weight is 272 g/mol. The number of rotatable bonds is 6. The first-order valence-corrected chi connectivity index (χ1v) is 6.82. The van der Waals surface area contributed by atoms with Crippen LogP contribution >= 0.6 is 0 Å². The summed E-state index contributed by atoms with van der Waals surface area (Å²) in [6.07, 6.45) is 2.22. The van der Waals surface area contributed by atoms with E-state index in [1.165, 1.54) is 12.1 Å². The normalized spacial score (nSPS) is 15.7. The highest BCUT2D eigenvalue weighted by molar-refractivity contribution is 5.23. The Labute approximate surface area is 118 Å². The predicted octanol–water partition coefficient (Wildman–Crippen LogP) is 4.06. The van der Waals surface area contributed by atoms with Crippen molar-refractivity contribution in [1.29, 1.82) is 0 Å². The van der Waals surface area contributed by atoms with Gasteiger partial charge in [-0.3, -0.25) is 0 Å². The summed E-state index contributed by atoms with van der Waals surface area (Å²) in [6, 6.07) is 15.9. The van der Waals surface area contributed by atoms with Crippen molar-refractivity contribution in [2.45, 2.75) is 12.8 Å². The fourth-order valence-electron chi connectivity index (χ4n) is 2.03. The molecule has 1 aliphatic rings. The van der Waals surface area contributed by atoms with E-state index in [2.05, 4.69) is 0 Å². The van der Waals surface area contributed by atoms with E-state index in [0.29, 0.717) is 19.0 Å². The van der Waals surface area contributed by atoms with Crippen molar-refractivity contribution in [2.75, 3.05) is 13.2 Å². The first kappa shape index (κ1) is 13.0. The topological polar surface area (TPSA) is 18.5 Å². The van der Waals surface area contributed by atoms with Gasteiger partial charge in [-0.15, -0.1) is 0 Å². The molecule has 2 nitrogen and oxygen atoms in total. The molecule has 3 heteroatoms. The molecule has 0 spiro atoms. The van der Waals surface area contributed by atoms with Gasteiger partial charge < -0.3 is 9.47 Å². The van der Waals surface area contributed by atoms with Gasteiger partial charge in [-0.05, 0) is 49.2 Å². The molecule has 1 aliphatic carbocycles. The molecule has 0 aromatic heterocycles. The Morgan fingerprint density at radius 2 is 1.35 bits per heavy atom. The van der Waals surface area contributed by atoms with Gasteiger partial charge in [0.05, 0.1) is 13.2 Å². The number of hydrogen-bond donors (Lipinski definition) is 0. The monoisotopic (exact) mass is 272 g/mol. The van der Waals surface area contributed by atoms with Gasteiger partial charge in [0.25, 0.3) is 0 Å². The highest BCUT2D eigenvalue weighted by Crippen LogP contribution is 2.46. The first-order valence-electron chi connectivity index (χ1n) is 6.82. The molecule has 0 radical (unpaired) electrons. The second-order valence-electron chi connectivity index (χ2n) is 5.34. The Kier molecular flexibility index (Phi) is 3.59. The Hall–Kier alpha value is -2.03. The van der Waals surface area contributed by atoms with Crippen molar-refractivity contribution in [3.8, 4) is 11.5 Å². The van der Waals surface area contributed by atoms with E-state index in [1.807, 2.05) is 30.3 Å². The molecular weight excluding hydrogens is 255 g/mol. The van der Waals surface area contributed by atoms with Gasteiger partial charge in [-0.25, -0.2) is 4.39 Å². The fraction of sp³-hybridized carbons (Fsp3) is 0.294. The first-order chi connectivity index (χ1) is 9.76. The molecule has 1 saturated carbocycles. The molecule has 0 aliphatic heterocycles. The maximum atomic E-state index is 12.8. The Morgan fingerprint density at radius 3 is 1.90 bits per heavy atom. The summed E-state index contributed by atoms with van der Waals surface area (Å²) in [5.74, 6) is 1.35. The van der Waals surface area contributed by atoms with Crippen LogP contribution in [0, 0.1) is 11.2 Å². The summed E-state index contributed by atoms with van der Waals surface area (Å²) >= 11 is 0. The van der Waals surface area contributed by atoms with Gasteiger partial charge >= 0.3 is 0 Å². The maximum Gasteiger partial charge on any atom is 0.123 e. The van der Waals surface area contributed by atoms with E-state index >= 15 is 0 Å². The van der Waals surface area contributed by atoms with E-state index in [4.69, 9.17) is 9.47 Å². The lowest BCUT2D eigenvalue weighted by atomic mass is 10.1. The van der Waals surface area contributed by atoms with Crippen LogP contribution in [0.15, 0.2) is 54.6 Å². The molecule has 0 N–H and O–H groups in total. The molecule has 0 saturated heterocycles. The number of hydrogen-bond acceptors (Lipinski definition) is 2. The van der Waals surface area contributed by atoms with E-state index < -0.39 is 0 Å². The van der Waals surface area contributed by atoms with Crippen LogP contribution < -0.4 is 9.47 Å². The van der Waals surface area contributed by atoms with Gasteiger partial charge in [0.1, 0.15) is 17.3 Å². The van der Waals surface area contributed by atoms with Crippen LogP contribution in [0.1, 0.15) is 12.8 Å². The standard InChI is InChI=1S/C17H17FO2/c18-14-6-8-16(9-7-14)20-13-17(10-11-17)12-19-15-4-2-1-3-5-15/h1-9H,10-13H2. The van der Waals surface area contributed by atoms with Crippen LogP contribution in [0.2, 0.25) is 0 Å². The molecule has 0 atom stereocenters. The van der Waals surface area contributed by atoms with E-state index in [9.17, 15) is 4.39 Å². The SMILES string of the molecule is Fc1ccc(OCC2(COc3ccccc3)CC2)cc1. The van der Waals surface area contributed by atoms with E-state index in [-0.39, 0.29) is 11.2 Å². The zero-order valence-corrected chi connectivity index (χ0v) is 11.2. The largest absolute Gasteiger partial charge is 0.493 e. The van der Waals surface area contributed by atoms with Gasteiger partial charge in [0, 0.05) is 5.41 Å². The van der Waals surface area contributed by atoms with E-state index in [1.54, 1.807) is 12.1 Å². The molecule has 0 amide bonds. The Balaban J connectivity index is 1.51. The summed E-state index contributed by atoms with van der Waals surface area (Å²) in [6.45, 7) is 1.28. The summed E-state index contributed by atoms with van der Waals surface area (Å²) in [4.78, 5) is 0. The highest BCUT2D eigenvalue weighted by atomic mass is 19.1. The summed E-state index contributed by atoms with van der Waals surface area (Å²) in [5, 5.41) is 0. The van der Waals surface area contributed by atoms with Gasteiger partial charge in [-0.2, -0.15) is 0 Å². The molecule has 0 heterocycles. The fourth-order valence-corrected chi connectivity index (χ4v) is 2.03. The lowest BCUT2D eigenvalue weighted by molar-refractivity contribution is 0.160. The molecule has 1 fully saturated rings. The van der Waals surface area contributed by atoms with Gasteiger partial charge in [0.2, 0.25) is 0 Å². The van der Waals surface area contributed by atoms with Gasteiger partial charge in [-0.1, -0.05) is 18.2 Å². The van der Waals surface area contributed by atoms with Crippen LogP contribution in [0.4, 0.5) is 4.39 Å². The third kappa shape index (κ3) is 3.29. The molecule has 3 rings (SSSR count). The smallest absolute Gasteiger partial charge is 0.123 e. The van der Waals surface area contributed by atoms with Crippen LogP contribution in [-0.2, 0) is 0 Å². The number of para-hydroxylation sites is 1. The molecule has 0 bridgehead atoms.